The Labute approximate surface area is 196 Å². The van der Waals surface area contributed by atoms with Crippen LogP contribution in [0.4, 0.5) is 5.69 Å². The van der Waals surface area contributed by atoms with Crippen LogP contribution in [0.2, 0.25) is 0 Å². The molecule has 3 rings (SSSR count). The maximum atomic E-state index is 12.6. The lowest BCUT2D eigenvalue weighted by atomic mass is 10.1. The van der Waals surface area contributed by atoms with Gasteiger partial charge in [-0.15, -0.1) is 0 Å². The van der Waals surface area contributed by atoms with Crippen LogP contribution in [0.25, 0.3) is 0 Å². The third kappa shape index (κ3) is 6.70. The van der Waals surface area contributed by atoms with Crippen LogP contribution >= 0.6 is 0 Å². The molecule has 3 aromatic rings. The van der Waals surface area contributed by atoms with Crippen LogP contribution < -0.4 is 15.4 Å². The Morgan fingerprint density at radius 2 is 1.59 bits per heavy atom. The first-order valence-corrected chi connectivity index (χ1v) is 11.6. The summed E-state index contributed by atoms with van der Waals surface area (Å²) in [5.41, 5.74) is 1.20. The number of carbonyl (C=O) groups is 3. The third-order valence-corrected chi connectivity index (χ3v) is 5.89. The highest BCUT2D eigenvalue weighted by molar-refractivity contribution is 7.90. The van der Waals surface area contributed by atoms with Gasteiger partial charge in [0.05, 0.1) is 23.5 Å². The third-order valence-electron chi connectivity index (χ3n) is 4.54. The van der Waals surface area contributed by atoms with Gasteiger partial charge in [-0.05, 0) is 42.0 Å². The quantitative estimate of drug-likeness (QED) is 0.356. The van der Waals surface area contributed by atoms with E-state index >= 15 is 0 Å². The molecule has 0 aliphatic heterocycles. The van der Waals surface area contributed by atoms with Crippen LogP contribution in [-0.2, 0) is 21.2 Å². The highest BCUT2D eigenvalue weighted by Crippen LogP contribution is 2.15. The summed E-state index contributed by atoms with van der Waals surface area (Å²) in [6.07, 6.45) is 1.25. The maximum absolute atomic E-state index is 12.6. The van der Waals surface area contributed by atoms with Gasteiger partial charge < -0.3 is 15.7 Å². The molecule has 0 saturated heterocycles. The normalized spacial score (nSPS) is 10.9. The molecule has 0 bridgehead atoms. The van der Waals surface area contributed by atoms with E-state index in [2.05, 4.69) is 15.6 Å². The fraction of sp³-hybridized carbons (Fsp3) is 0.130. The fourth-order valence-electron chi connectivity index (χ4n) is 2.87. The standard InChI is InChI=1S/C23H22N4O6S/c28-13-12-24-23(31)20-11-6-17(15-25-20)22(30)27-34(32,33)19-9-7-18(8-10-19)26-21(29)14-16-4-2-1-3-5-16/h1-11,15,28H,12-14H2,(H,24,31)(H,26,29)(H,27,30). The Balaban J connectivity index is 1.60. The van der Waals surface area contributed by atoms with Gasteiger partial charge in [-0.2, -0.15) is 0 Å². The zero-order valence-corrected chi connectivity index (χ0v) is 18.7. The van der Waals surface area contributed by atoms with Crippen molar-refractivity contribution in [3.8, 4) is 0 Å². The predicted molar refractivity (Wildman–Crippen MR) is 124 cm³/mol. The number of benzene rings is 2. The smallest absolute Gasteiger partial charge is 0.269 e. The fourth-order valence-corrected chi connectivity index (χ4v) is 3.84. The second-order valence-electron chi connectivity index (χ2n) is 7.08. The number of aliphatic hydroxyl groups is 1. The van der Waals surface area contributed by atoms with E-state index in [4.69, 9.17) is 5.11 Å². The van der Waals surface area contributed by atoms with Crippen LogP contribution in [0, 0.1) is 0 Å². The highest BCUT2D eigenvalue weighted by atomic mass is 32.2. The minimum Gasteiger partial charge on any atom is -0.395 e. The average Bonchev–Trinajstić information content (AvgIpc) is 2.83. The number of aromatic nitrogens is 1. The summed E-state index contributed by atoms with van der Waals surface area (Å²) in [6.45, 7) is -0.179. The summed E-state index contributed by atoms with van der Waals surface area (Å²) in [6, 6.07) is 17.1. The largest absolute Gasteiger partial charge is 0.395 e. The van der Waals surface area contributed by atoms with Crippen molar-refractivity contribution in [1.29, 1.82) is 0 Å². The number of nitrogens with zero attached hydrogens (tertiary/aromatic N) is 1. The van der Waals surface area contributed by atoms with Crippen molar-refractivity contribution in [3.05, 3.63) is 89.7 Å². The second-order valence-corrected chi connectivity index (χ2v) is 8.76. The Bertz CT molecular complexity index is 1260. The lowest BCUT2D eigenvalue weighted by Gasteiger charge is -2.09. The first-order valence-electron chi connectivity index (χ1n) is 10.1. The van der Waals surface area contributed by atoms with Gasteiger partial charge in [0.15, 0.2) is 0 Å². The van der Waals surface area contributed by atoms with Gasteiger partial charge in [-0.3, -0.25) is 19.4 Å². The number of carbonyl (C=O) groups excluding carboxylic acids is 3. The van der Waals surface area contributed by atoms with E-state index in [0.29, 0.717) is 5.69 Å². The minimum atomic E-state index is -4.19. The number of aliphatic hydroxyl groups excluding tert-OH is 1. The van der Waals surface area contributed by atoms with E-state index in [1.54, 1.807) is 0 Å². The molecule has 176 valence electrons. The van der Waals surface area contributed by atoms with Gasteiger partial charge in [-0.25, -0.2) is 13.1 Å². The molecule has 0 atom stereocenters. The van der Waals surface area contributed by atoms with Gasteiger partial charge in [0.2, 0.25) is 5.91 Å². The average molecular weight is 483 g/mol. The molecule has 1 heterocycles. The number of hydrogen-bond donors (Lipinski definition) is 4. The minimum absolute atomic E-state index is 0.0118. The Hall–Kier alpha value is -4.09. The molecule has 4 N–H and O–H groups in total. The molecule has 0 radical (unpaired) electrons. The van der Waals surface area contributed by atoms with E-state index in [1.165, 1.54) is 36.4 Å². The molecule has 11 heteroatoms. The number of pyridine rings is 1. The van der Waals surface area contributed by atoms with E-state index in [9.17, 15) is 22.8 Å². The number of sulfonamides is 1. The van der Waals surface area contributed by atoms with Crippen LogP contribution in [0.3, 0.4) is 0 Å². The first-order chi connectivity index (χ1) is 16.3. The highest BCUT2D eigenvalue weighted by Gasteiger charge is 2.19. The first kappa shape index (κ1) is 24.6. The molecule has 0 aliphatic rings. The number of hydrogen-bond acceptors (Lipinski definition) is 7. The maximum Gasteiger partial charge on any atom is 0.269 e. The molecule has 2 aromatic carbocycles. The number of nitrogens with one attached hydrogen (secondary N) is 3. The monoisotopic (exact) mass is 482 g/mol. The lowest BCUT2D eigenvalue weighted by Crippen LogP contribution is -2.31. The van der Waals surface area contributed by atoms with E-state index in [-0.39, 0.29) is 41.6 Å². The Morgan fingerprint density at radius 3 is 2.21 bits per heavy atom. The van der Waals surface area contributed by atoms with Crippen molar-refractivity contribution in [1.82, 2.24) is 15.0 Å². The Kier molecular flexibility index (Phi) is 8.06. The number of rotatable bonds is 9. The van der Waals surface area contributed by atoms with Crippen LogP contribution in [0.15, 0.2) is 77.8 Å². The summed E-state index contributed by atoms with van der Waals surface area (Å²) in [5, 5.41) is 13.8. The van der Waals surface area contributed by atoms with Crippen molar-refractivity contribution in [3.63, 3.8) is 0 Å². The number of amides is 3. The molecular weight excluding hydrogens is 460 g/mol. The summed E-state index contributed by atoms with van der Waals surface area (Å²) in [7, 11) is -4.19. The zero-order valence-electron chi connectivity index (χ0n) is 17.9. The molecule has 1 aromatic heterocycles. The second kappa shape index (κ2) is 11.2. The van der Waals surface area contributed by atoms with E-state index in [0.717, 1.165) is 11.8 Å². The van der Waals surface area contributed by atoms with Crippen molar-refractivity contribution >= 4 is 33.4 Å². The van der Waals surface area contributed by atoms with Crippen LogP contribution in [-0.4, -0.2) is 49.4 Å². The zero-order chi connectivity index (χ0) is 24.6. The van der Waals surface area contributed by atoms with Crippen molar-refractivity contribution in [2.45, 2.75) is 11.3 Å². The summed E-state index contributed by atoms with van der Waals surface area (Å²) < 4.78 is 27.1. The van der Waals surface area contributed by atoms with Gasteiger partial charge >= 0.3 is 0 Å². The van der Waals surface area contributed by atoms with Gasteiger partial charge in [-0.1, -0.05) is 30.3 Å². The summed E-state index contributed by atoms with van der Waals surface area (Å²) in [5.74, 6) is -1.71. The molecule has 10 nitrogen and oxygen atoms in total. The predicted octanol–water partition coefficient (Wildman–Crippen LogP) is 1.10. The SMILES string of the molecule is O=C(Cc1ccccc1)Nc1ccc(S(=O)(=O)NC(=O)c2ccc(C(=O)NCCO)nc2)cc1. The van der Waals surface area contributed by atoms with Crippen LogP contribution in [0.1, 0.15) is 26.4 Å². The lowest BCUT2D eigenvalue weighted by molar-refractivity contribution is -0.115. The molecule has 0 unspecified atom stereocenters. The van der Waals surface area contributed by atoms with Crippen LogP contribution in [0.5, 0.6) is 0 Å². The summed E-state index contributed by atoms with van der Waals surface area (Å²) in [4.78, 5) is 39.9. The Morgan fingerprint density at radius 1 is 0.882 bits per heavy atom. The van der Waals surface area contributed by atoms with Gasteiger partial charge in [0, 0.05) is 18.4 Å². The molecule has 0 spiro atoms. The van der Waals surface area contributed by atoms with Crippen molar-refractivity contribution < 1.29 is 27.9 Å². The van der Waals surface area contributed by atoms with E-state index in [1.807, 2.05) is 35.1 Å². The molecule has 0 saturated carbocycles. The van der Waals surface area contributed by atoms with E-state index < -0.39 is 21.8 Å². The summed E-state index contributed by atoms with van der Waals surface area (Å²) >= 11 is 0. The topological polar surface area (TPSA) is 155 Å². The van der Waals surface area contributed by atoms with Gasteiger partial charge in [0.1, 0.15) is 5.69 Å². The number of anilines is 1. The molecule has 34 heavy (non-hydrogen) atoms. The van der Waals surface area contributed by atoms with Gasteiger partial charge in [0.25, 0.3) is 21.8 Å². The van der Waals surface area contributed by atoms with Crippen molar-refractivity contribution in [2.24, 2.45) is 0 Å². The molecular formula is C23H22N4O6S. The molecule has 0 fully saturated rings. The molecule has 0 aliphatic carbocycles. The van der Waals surface area contributed by atoms with Crippen molar-refractivity contribution in [2.75, 3.05) is 18.5 Å². The molecule has 3 amide bonds.